The number of esters is 1. The molecule has 0 spiro atoms. The Kier molecular flexibility index (Phi) is 12.8. The lowest BCUT2D eigenvalue weighted by Gasteiger charge is -2.68. The standard InChI is InChI=1S/C51H70N2O12/c1-28(2)22-35-41(65-53(52(35)45(56)64-47(7,8)9)34-21-20-29(3)23-36(34)59-14)44(55)62-37-25-51(58)32(6)42-49(12)27-61-38(49)24-39(63-46(57)60-26-33-18-16-15-17-19-33)50(42,13)43(54)31(5)40(30(37)4)48(51,10)11/h15-21,23,28,31-32,35,37-39,41-42,58H,22,24-27H2,1-14H3/t31?,32-,35-,37-,38+,39-,41+,42+,49+,50+,51+/m0/s1. The molecule has 356 valence electrons. The topological polar surface area (TPSA) is 160 Å². The van der Waals surface area contributed by atoms with Crippen LogP contribution in [0.5, 0.6) is 5.75 Å². The number of Topliss-reactive ketones (excluding diaryl/α,β-unsaturated/α-hetero) is 1. The van der Waals surface area contributed by atoms with Crippen LogP contribution in [0.3, 0.4) is 0 Å². The second-order valence-electron chi connectivity index (χ2n) is 21.6. The number of rotatable bonds is 9. The zero-order valence-electron chi connectivity index (χ0n) is 40.7. The number of aryl methyl sites for hydroxylation is 1. The van der Waals surface area contributed by atoms with Gasteiger partial charge in [0.1, 0.15) is 41.6 Å². The lowest BCUT2D eigenvalue weighted by atomic mass is 9.40. The average molecular weight is 903 g/mol. The first-order valence-electron chi connectivity index (χ1n) is 23.1. The number of hydrogen-bond acceptors (Lipinski definition) is 13. The number of benzene rings is 2. The molecule has 2 aromatic rings. The maximum Gasteiger partial charge on any atom is 0.508 e. The van der Waals surface area contributed by atoms with Gasteiger partial charge in [-0.3, -0.25) is 4.79 Å². The van der Waals surface area contributed by atoms with Crippen LogP contribution < -0.4 is 9.91 Å². The van der Waals surface area contributed by atoms with Gasteiger partial charge < -0.3 is 33.5 Å². The van der Waals surface area contributed by atoms with Crippen molar-refractivity contribution in [2.24, 2.45) is 39.9 Å². The first-order valence-corrected chi connectivity index (χ1v) is 23.1. The molecule has 5 aliphatic rings. The van der Waals surface area contributed by atoms with E-state index in [0.717, 1.165) is 11.1 Å². The van der Waals surface area contributed by atoms with E-state index in [1.165, 1.54) is 17.3 Å². The Balaban J connectivity index is 1.26. The van der Waals surface area contributed by atoms with Crippen LogP contribution in [0, 0.1) is 46.8 Å². The summed E-state index contributed by atoms with van der Waals surface area (Å²) in [5, 5.41) is 16.2. The van der Waals surface area contributed by atoms with Crippen molar-refractivity contribution in [2.75, 3.05) is 18.9 Å². The second-order valence-corrected chi connectivity index (χ2v) is 21.6. The highest BCUT2D eigenvalue weighted by atomic mass is 16.8. The largest absolute Gasteiger partial charge is 0.508 e. The van der Waals surface area contributed by atoms with E-state index in [9.17, 15) is 19.5 Å². The van der Waals surface area contributed by atoms with E-state index in [4.69, 9.17) is 33.3 Å². The molecule has 14 heteroatoms. The predicted molar refractivity (Wildman–Crippen MR) is 241 cm³/mol. The van der Waals surface area contributed by atoms with Gasteiger partial charge in [0.15, 0.2) is 0 Å². The summed E-state index contributed by atoms with van der Waals surface area (Å²) in [7, 11) is 1.52. The molecule has 2 saturated carbocycles. The van der Waals surface area contributed by atoms with Gasteiger partial charge in [-0.15, -0.1) is 5.17 Å². The fourth-order valence-corrected chi connectivity index (χ4v) is 12.3. The van der Waals surface area contributed by atoms with Crippen LogP contribution in [0.1, 0.15) is 113 Å². The van der Waals surface area contributed by atoms with Crippen molar-refractivity contribution in [3.05, 3.63) is 70.8 Å². The number of carbonyl (C=O) groups excluding carboxylic acids is 4. The summed E-state index contributed by atoms with van der Waals surface area (Å²) in [5.74, 6) is -2.36. The predicted octanol–water partition coefficient (Wildman–Crippen LogP) is 9.09. The number of fused-ring (bicyclic) bond motifs is 5. The van der Waals surface area contributed by atoms with E-state index < -0.39 is 87.8 Å². The summed E-state index contributed by atoms with van der Waals surface area (Å²) in [6.07, 6.45) is -4.49. The van der Waals surface area contributed by atoms with E-state index in [0.29, 0.717) is 42.0 Å². The van der Waals surface area contributed by atoms with Gasteiger partial charge >= 0.3 is 18.2 Å². The van der Waals surface area contributed by atoms with E-state index >= 15 is 4.79 Å². The molecule has 3 aliphatic carbocycles. The summed E-state index contributed by atoms with van der Waals surface area (Å²) >= 11 is 0. The Bertz CT molecular complexity index is 2200. The zero-order chi connectivity index (χ0) is 47.8. The Morgan fingerprint density at radius 1 is 0.985 bits per heavy atom. The number of hydrogen-bond donors (Lipinski definition) is 1. The van der Waals surface area contributed by atoms with Gasteiger partial charge in [0, 0.05) is 29.6 Å². The highest BCUT2D eigenvalue weighted by Crippen LogP contribution is 2.68. The zero-order valence-corrected chi connectivity index (χ0v) is 40.7. The lowest BCUT2D eigenvalue weighted by Crippen LogP contribution is -2.74. The molecule has 0 aromatic heterocycles. The third-order valence-electron chi connectivity index (χ3n) is 15.4. The first kappa shape index (κ1) is 48.3. The summed E-state index contributed by atoms with van der Waals surface area (Å²) in [6, 6.07) is 13.9. The molecule has 2 bridgehead atoms. The van der Waals surface area contributed by atoms with E-state index in [2.05, 4.69) is 6.92 Å². The molecule has 4 fully saturated rings. The van der Waals surface area contributed by atoms with Crippen LogP contribution in [-0.2, 0) is 44.7 Å². The number of amides is 1. The van der Waals surface area contributed by atoms with Gasteiger partial charge in [-0.1, -0.05) is 84.9 Å². The maximum absolute atomic E-state index is 15.6. The molecule has 11 atom stereocenters. The number of carbonyl (C=O) groups is 4. The van der Waals surface area contributed by atoms with Crippen molar-refractivity contribution >= 4 is 29.7 Å². The van der Waals surface area contributed by atoms with Crippen LogP contribution in [0.2, 0.25) is 0 Å². The third-order valence-corrected chi connectivity index (χ3v) is 15.4. The summed E-state index contributed by atoms with van der Waals surface area (Å²) < 4.78 is 36.2. The van der Waals surface area contributed by atoms with Crippen molar-refractivity contribution < 1.29 is 57.5 Å². The minimum Gasteiger partial charge on any atom is -0.494 e. The molecule has 2 aliphatic heterocycles. The minimum atomic E-state index is -1.55. The normalized spacial score (nSPS) is 34.1. The molecule has 1 N–H and O–H groups in total. The van der Waals surface area contributed by atoms with Gasteiger partial charge in [0.05, 0.1) is 36.9 Å². The third kappa shape index (κ3) is 8.19. The summed E-state index contributed by atoms with van der Waals surface area (Å²) in [4.78, 5) is 64.7. The van der Waals surface area contributed by atoms with Crippen molar-refractivity contribution in [3.8, 4) is 5.75 Å². The molecule has 0 radical (unpaired) electrons. The van der Waals surface area contributed by atoms with Gasteiger partial charge in [0.25, 0.3) is 0 Å². The SMILES string of the molecule is COc1cc(C)ccc1N1O[C@@H](C(=O)O[C@H]2C[C@@]3(O)[C@@H](C)[C@@H]4[C@]5(C)CO[C@@H]5C[C@H](OC(=O)OCc5ccccc5)[C@@]4(C)C(=O)C(C)C(=C2C)C3(C)C)[C@H](CC(C)C)N1C(=O)OC(C)(C)C. The average Bonchev–Trinajstić information content (AvgIpc) is 3.59. The number of nitrogens with zero attached hydrogens (tertiary/aromatic N) is 2. The van der Waals surface area contributed by atoms with Gasteiger partial charge in [-0.2, -0.15) is 5.01 Å². The molecular weight excluding hydrogens is 833 g/mol. The molecule has 2 saturated heterocycles. The Morgan fingerprint density at radius 3 is 2.26 bits per heavy atom. The molecular formula is C51H70N2O12. The van der Waals surface area contributed by atoms with Crippen molar-refractivity contribution in [3.63, 3.8) is 0 Å². The number of ether oxygens (including phenoxy) is 6. The monoisotopic (exact) mass is 902 g/mol. The number of methoxy groups -OCH3 is 1. The number of ketones is 1. The second kappa shape index (κ2) is 17.2. The smallest absolute Gasteiger partial charge is 0.494 e. The van der Waals surface area contributed by atoms with Crippen molar-refractivity contribution in [2.45, 2.75) is 158 Å². The van der Waals surface area contributed by atoms with Crippen molar-refractivity contribution in [1.29, 1.82) is 0 Å². The molecule has 1 unspecified atom stereocenters. The Morgan fingerprint density at radius 2 is 1.66 bits per heavy atom. The van der Waals surface area contributed by atoms with Gasteiger partial charge in [0.2, 0.25) is 6.10 Å². The molecule has 7 rings (SSSR count). The fourth-order valence-electron chi connectivity index (χ4n) is 12.3. The van der Waals surface area contributed by atoms with Crippen LogP contribution in [0.15, 0.2) is 59.7 Å². The Labute approximate surface area is 384 Å². The number of anilines is 1. The van der Waals surface area contributed by atoms with Crippen molar-refractivity contribution in [1.82, 2.24) is 5.01 Å². The molecule has 2 heterocycles. The number of aliphatic hydroxyl groups is 1. The highest BCUT2D eigenvalue weighted by Gasteiger charge is 2.73. The van der Waals surface area contributed by atoms with Gasteiger partial charge in [-0.05, 0) is 100 Å². The maximum atomic E-state index is 15.6. The minimum absolute atomic E-state index is 0.00634. The summed E-state index contributed by atoms with van der Waals surface area (Å²) in [6.45, 7) is 25.1. The number of hydrazine groups is 1. The molecule has 1 amide bonds. The van der Waals surface area contributed by atoms with E-state index in [-0.39, 0.29) is 30.8 Å². The lowest BCUT2D eigenvalue weighted by molar-refractivity contribution is -0.302. The van der Waals surface area contributed by atoms with Crippen LogP contribution in [0.25, 0.3) is 0 Å². The summed E-state index contributed by atoms with van der Waals surface area (Å²) in [5.41, 5.74) is -1.80. The molecule has 14 nitrogen and oxygen atoms in total. The first-order chi connectivity index (χ1) is 30.3. The van der Waals surface area contributed by atoms with E-state index in [1.54, 1.807) is 26.8 Å². The van der Waals surface area contributed by atoms with Crippen LogP contribution in [-0.4, -0.2) is 89.5 Å². The fraction of sp³-hybridized carbons (Fsp3) is 0.647. The Hall–Kier alpha value is -4.66. The van der Waals surface area contributed by atoms with Gasteiger partial charge in [-0.25, -0.2) is 19.2 Å². The molecule has 65 heavy (non-hydrogen) atoms. The van der Waals surface area contributed by atoms with E-state index in [1.807, 2.05) is 105 Å². The van der Waals surface area contributed by atoms with Crippen LogP contribution in [0.4, 0.5) is 15.3 Å². The quantitative estimate of drug-likeness (QED) is 0.144. The highest BCUT2D eigenvalue weighted by molar-refractivity contribution is 5.91. The van der Waals surface area contributed by atoms with Crippen LogP contribution >= 0.6 is 0 Å². The molecule has 2 aromatic carbocycles.